The highest BCUT2D eigenvalue weighted by atomic mass is 19.1. The molecule has 1 aliphatic rings. The van der Waals surface area contributed by atoms with Gasteiger partial charge in [0.25, 0.3) is 0 Å². The summed E-state index contributed by atoms with van der Waals surface area (Å²) in [5, 5.41) is 3.67. The molecule has 0 heterocycles. The fraction of sp³-hybridized carbons (Fsp3) is 0.667. The Morgan fingerprint density at radius 2 is 2.00 bits per heavy atom. The Balaban J connectivity index is 2.00. The van der Waals surface area contributed by atoms with E-state index in [1.807, 2.05) is 12.1 Å². The molecule has 0 aliphatic heterocycles. The Hall–Kier alpha value is -0.930. The van der Waals surface area contributed by atoms with Gasteiger partial charge < -0.3 is 10.2 Å². The number of rotatable bonds is 5. The standard InChI is InChI=1S/C18H29FN2/c1-14-6-5-11-18(12-14,21(3)4)13-20-15(2)16-7-9-17(19)10-8-16/h7-10,14-15,20H,5-6,11-13H2,1-4H3. The number of benzene rings is 1. The second-order valence-corrected chi connectivity index (χ2v) is 6.97. The summed E-state index contributed by atoms with van der Waals surface area (Å²) in [7, 11) is 4.39. The zero-order valence-electron chi connectivity index (χ0n) is 13.8. The normalized spacial score (nSPS) is 27.8. The van der Waals surface area contributed by atoms with Crippen molar-refractivity contribution in [2.24, 2.45) is 5.92 Å². The summed E-state index contributed by atoms with van der Waals surface area (Å²) in [5.74, 6) is 0.626. The maximum absolute atomic E-state index is 13.0. The smallest absolute Gasteiger partial charge is 0.123 e. The number of likely N-dealkylation sites (N-methyl/N-ethyl adjacent to an activating group) is 1. The van der Waals surface area contributed by atoms with Gasteiger partial charge in [0.05, 0.1) is 0 Å². The number of nitrogens with one attached hydrogen (secondary N) is 1. The lowest BCUT2D eigenvalue weighted by atomic mass is 9.75. The van der Waals surface area contributed by atoms with Crippen molar-refractivity contribution >= 4 is 0 Å². The molecule has 1 aromatic carbocycles. The van der Waals surface area contributed by atoms with E-state index in [0.29, 0.717) is 0 Å². The minimum absolute atomic E-state index is 0.170. The SMILES string of the molecule is CC1CCCC(CNC(C)c2ccc(F)cc2)(N(C)C)C1. The van der Waals surface area contributed by atoms with Crippen LogP contribution in [0.25, 0.3) is 0 Å². The second kappa shape index (κ2) is 6.89. The molecule has 0 radical (unpaired) electrons. The Labute approximate surface area is 128 Å². The molecule has 0 amide bonds. The van der Waals surface area contributed by atoms with Crippen LogP contribution in [0.1, 0.15) is 51.1 Å². The molecule has 0 spiro atoms. The third-order valence-corrected chi connectivity index (χ3v) is 5.12. The van der Waals surface area contributed by atoms with Crippen LogP contribution in [-0.2, 0) is 0 Å². The molecule has 3 atom stereocenters. The topological polar surface area (TPSA) is 15.3 Å². The molecule has 1 N–H and O–H groups in total. The fourth-order valence-corrected chi connectivity index (χ4v) is 3.57. The van der Waals surface area contributed by atoms with Gasteiger partial charge in [-0.05, 0) is 57.5 Å². The van der Waals surface area contributed by atoms with Crippen molar-refractivity contribution in [1.82, 2.24) is 10.2 Å². The van der Waals surface area contributed by atoms with E-state index >= 15 is 0 Å². The number of halogens is 1. The summed E-state index contributed by atoms with van der Waals surface area (Å²) >= 11 is 0. The number of nitrogens with zero attached hydrogens (tertiary/aromatic N) is 1. The molecule has 0 aromatic heterocycles. The summed E-state index contributed by atoms with van der Waals surface area (Å²) in [5.41, 5.74) is 1.40. The summed E-state index contributed by atoms with van der Waals surface area (Å²) in [6.07, 6.45) is 5.17. The molecule has 0 bridgehead atoms. The molecule has 1 aliphatic carbocycles. The van der Waals surface area contributed by atoms with E-state index < -0.39 is 0 Å². The zero-order valence-corrected chi connectivity index (χ0v) is 13.8. The molecule has 21 heavy (non-hydrogen) atoms. The van der Waals surface area contributed by atoms with Gasteiger partial charge in [0.15, 0.2) is 0 Å². The van der Waals surface area contributed by atoms with Crippen molar-refractivity contribution in [1.29, 1.82) is 0 Å². The third-order valence-electron chi connectivity index (χ3n) is 5.12. The van der Waals surface area contributed by atoms with Crippen LogP contribution in [0, 0.1) is 11.7 Å². The van der Waals surface area contributed by atoms with E-state index in [1.54, 1.807) is 0 Å². The van der Waals surface area contributed by atoms with Crippen LogP contribution in [0.15, 0.2) is 24.3 Å². The van der Waals surface area contributed by atoms with Crippen LogP contribution in [0.3, 0.4) is 0 Å². The minimum Gasteiger partial charge on any atom is -0.308 e. The molecular formula is C18H29FN2. The fourth-order valence-electron chi connectivity index (χ4n) is 3.57. The maximum Gasteiger partial charge on any atom is 0.123 e. The predicted molar refractivity (Wildman–Crippen MR) is 86.9 cm³/mol. The highest BCUT2D eigenvalue weighted by molar-refractivity contribution is 5.19. The van der Waals surface area contributed by atoms with Crippen LogP contribution in [0.2, 0.25) is 0 Å². The zero-order chi connectivity index (χ0) is 15.5. The Kier molecular flexibility index (Phi) is 5.39. The molecule has 118 valence electrons. The average Bonchev–Trinajstić information content (AvgIpc) is 2.45. The van der Waals surface area contributed by atoms with Crippen LogP contribution in [0.5, 0.6) is 0 Å². The first-order chi connectivity index (χ1) is 9.93. The van der Waals surface area contributed by atoms with Gasteiger partial charge in [-0.2, -0.15) is 0 Å². The summed E-state index contributed by atoms with van der Waals surface area (Å²) in [6, 6.07) is 7.08. The van der Waals surface area contributed by atoms with E-state index in [2.05, 4.69) is 38.2 Å². The van der Waals surface area contributed by atoms with E-state index in [0.717, 1.165) is 18.0 Å². The van der Waals surface area contributed by atoms with Gasteiger partial charge in [0.2, 0.25) is 0 Å². The molecule has 1 aromatic rings. The molecule has 1 fully saturated rings. The Morgan fingerprint density at radius 1 is 1.33 bits per heavy atom. The first kappa shape index (κ1) is 16.4. The number of hydrogen-bond acceptors (Lipinski definition) is 2. The Morgan fingerprint density at radius 3 is 2.57 bits per heavy atom. The molecule has 1 saturated carbocycles. The van der Waals surface area contributed by atoms with E-state index in [1.165, 1.54) is 37.8 Å². The Bertz CT molecular complexity index is 443. The third kappa shape index (κ3) is 4.04. The van der Waals surface area contributed by atoms with Gasteiger partial charge in [-0.1, -0.05) is 31.9 Å². The van der Waals surface area contributed by atoms with Gasteiger partial charge >= 0.3 is 0 Å². The molecule has 0 saturated heterocycles. The maximum atomic E-state index is 13.0. The average molecular weight is 292 g/mol. The summed E-state index contributed by atoms with van der Waals surface area (Å²) in [6.45, 7) is 5.51. The first-order valence-electron chi connectivity index (χ1n) is 8.09. The lowest BCUT2D eigenvalue weighted by Gasteiger charge is -2.46. The van der Waals surface area contributed by atoms with E-state index in [4.69, 9.17) is 0 Å². The lowest BCUT2D eigenvalue weighted by Crippen LogP contribution is -2.54. The van der Waals surface area contributed by atoms with Gasteiger partial charge in [-0.3, -0.25) is 0 Å². The van der Waals surface area contributed by atoms with Gasteiger partial charge in [-0.25, -0.2) is 4.39 Å². The van der Waals surface area contributed by atoms with Gasteiger partial charge in [0, 0.05) is 18.1 Å². The van der Waals surface area contributed by atoms with Crippen molar-refractivity contribution in [2.45, 2.75) is 51.1 Å². The van der Waals surface area contributed by atoms with E-state index in [-0.39, 0.29) is 17.4 Å². The van der Waals surface area contributed by atoms with Crippen LogP contribution in [-0.4, -0.2) is 31.1 Å². The van der Waals surface area contributed by atoms with Crippen molar-refractivity contribution < 1.29 is 4.39 Å². The van der Waals surface area contributed by atoms with E-state index in [9.17, 15) is 4.39 Å². The minimum atomic E-state index is -0.170. The molecule has 3 heteroatoms. The highest BCUT2D eigenvalue weighted by Crippen LogP contribution is 2.35. The summed E-state index contributed by atoms with van der Waals surface area (Å²) in [4.78, 5) is 2.40. The molecule has 2 rings (SSSR count). The van der Waals surface area contributed by atoms with Crippen LogP contribution < -0.4 is 5.32 Å². The van der Waals surface area contributed by atoms with Crippen LogP contribution in [0.4, 0.5) is 4.39 Å². The van der Waals surface area contributed by atoms with Gasteiger partial charge in [-0.15, -0.1) is 0 Å². The monoisotopic (exact) mass is 292 g/mol. The first-order valence-corrected chi connectivity index (χ1v) is 8.09. The highest BCUT2D eigenvalue weighted by Gasteiger charge is 2.36. The van der Waals surface area contributed by atoms with Crippen molar-refractivity contribution in [3.8, 4) is 0 Å². The lowest BCUT2D eigenvalue weighted by molar-refractivity contribution is 0.0728. The predicted octanol–water partition coefficient (Wildman–Crippen LogP) is 3.99. The second-order valence-electron chi connectivity index (χ2n) is 6.97. The van der Waals surface area contributed by atoms with Crippen molar-refractivity contribution in [3.63, 3.8) is 0 Å². The molecular weight excluding hydrogens is 263 g/mol. The van der Waals surface area contributed by atoms with Crippen molar-refractivity contribution in [3.05, 3.63) is 35.6 Å². The largest absolute Gasteiger partial charge is 0.308 e. The number of hydrogen-bond donors (Lipinski definition) is 1. The quantitative estimate of drug-likeness (QED) is 0.883. The van der Waals surface area contributed by atoms with Crippen LogP contribution >= 0.6 is 0 Å². The van der Waals surface area contributed by atoms with Crippen molar-refractivity contribution in [2.75, 3.05) is 20.6 Å². The summed E-state index contributed by atoms with van der Waals surface area (Å²) < 4.78 is 13.0. The van der Waals surface area contributed by atoms with Gasteiger partial charge in [0.1, 0.15) is 5.82 Å². The molecule has 2 nitrogen and oxygen atoms in total. The molecule has 3 unspecified atom stereocenters.